The van der Waals surface area contributed by atoms with E-state index in [2.05, 4.69) is 5.32 Å². The number of carbonyl (C=O) groups excluding carboxylic acids is 1. The van der Waals surface area contributed by atoms with Crippen LogP contribution in [-0.2, 0) is 11.3 Å². The van der Waals surface area contributed by atoms with Gasteiger partial charge in [-0.25, -0.2) is 4.39 Å². The number of rotatable bonds is 3. The third kappa shape index (κ3) is 4.16. The van der Waals surface area contributed by atoms with Crippen molar-refractivity contribution in [2.75, 3.05) is 0 Å². The van der Waals surface area contributed by atoms with Crippen molar-refractivity contribution in [3.8, 4) is 0 Å². The third-order valence-corrected chi connectivity index (χ3v) is 2.10. The summed E-state index contributed by atoms with van der Waals surface area (Å²) in [5.74, 6) is -0.450. The molecule has 0 saturated carbocycles. The predicted octanol–water partition coefficient (Wildman–Crippen LogP) is 1.52. The molecule has 90 valence electrons. The zero-order valence-electron chi connectivity index (χ0n) is 9.29. The van der Waals surface area contributed by atoms with Gasteiger partial charge in [-0.15, -0.1) is 12.4 Å². The molecule has 1 aromatic rings. The van der Waals surface area contributed by atoms with Gasteiger partial charge in [0, 0.05) is 6.54 Å². The van der Waals surface area contributed by atoms with E-state index in [9.17, 15) is 9.18 Å². The number of hydrogen-bond acceptors (Lipinski definition) is 2. The largest absolute Gasteiger partial charge is 0.351 e. The van der Waals surface area contributed by atoms with E-state index >= 15 is 0 Å². The fourth-order valence-corrected chi connectivity index (χ4v) is 1.17. The molecule has 0 aliphatic carbocycles. The van der Waals surface area contributed by atoms with Gasteiger partial charge < -0.3 is 11.1 Å². The Balaban J connectivity index is 0.00000225. The maximum absolute atomic E-state index is 12.9. The molecular weight excluding hydrogens is 231 g/mol. The topological polar surface area (TPSA) is 55.1 Å². The predicted molar refractivity (Wildman–Crippen MR) is 63.9 cm³/mol. The van der Waals surface area contributed by atoms with Crippen LogP contribution in [0.3, 0.4) is 0 Å². The van der Waals surface area contributed by atoms with E-state index in [4.69, 9.17) is 5.73 Å². The van der Waals surface area contributed by atoms with Crippen LogP contribution in [0.25, 0.3) is 0 Å². The van der Waals surface area contributed by atoms with Gasteiger partial charge >= 0.3 is 0 Å². The molecule has 0 saturated heterocycles. The van der Waals surface area contributed by atoms with Crippen LogP contribution in [0.15, 0.2) is 18.2 Å². The molecule has 0 aromatic heterocycles. The summed E-state index contributed by atoms with van der Waals surface area (Å²) >= 11 is 0. The van der Waals surface area contributed by atoms with Crippen molar-refractivity contribution >= 4 is 18.3 Å². The summed E-state index contributed by atoms with van der Waals surface area (Å²) in [7, 11) is 0. The molecule has 3 N–H and O–H groups in total. The molecule has 1 amide bonds. The lowest BCUT2D eigenvalue weighted by molar-refractivity contribution is -0.122. The van der Waals surface area contributed by atoms with E-state index in [0.717, 1.165) is 5.56 Å². The second-order valence-corrected chi connectivity index (χ2v) is 3.59. The first-order valence-corrected chi connectivity index (χ1v) is 4.79. The lowest BCUT2D eigenvalue weighted by atomic mass is 10.1. The van der Waals surface area contributed by atoms with Crippen LogP contribution < -0.4 is 11.1 Å². The van der Waals surface area contributed by atoms with Crippen molar-refractivity contribution < 1.29 is 9.18 Å². The second-order valence-electron chi connectivity index (χ2n) is 3.59. The SMILES string of the molecule is Cc1cc(CNC(=O)C(C)N)ccc1F.Cl. The molecule has 0 radical (unpaired) electrons. The van der Waals surface area contributed by atoms with Crippen LogP contribution in [0.2, 0.25) is 0 Å². The number of nitrogens with two attached hydrogens (primary N) is 1. The Morgan fingerprint density at radius 2 is 2.19 bits per heavy atom. The Hall–Kier alpha value is -1.13. The quantitative estimate of drug-likeness (QED) is 0.850. The molecule has 5 heteroatoms. The molecule has 0 bridgehead atoms. The minimum absolute atomic E-state index is 0. The van der Waals surface area contributed by atoms with Gasteiger partial charge in [0.05, 0.1) is 6.04 Å². The average molecular weight is 247 g/mol. The zero-order chi connectivity index (χ0) is 11.4. The number of carbonyl (C=O) groups is 1. The van der Waals surface area contributed by atoms with Crippen molar-refractivity contribution in [3.63, 3.8) is 0 Å². The van der Waals surface area contributed by atoms with Crippen LogP contribution in [0.1, 0.15) is 18.1 Å². The van der Waals surface area contributed by atoms with Crippen molar-refractivity contribution in [2.24, 2.45) is 5.73 Å². The highest BCUT2D eigenvalue weighted by Crippen LogP contribution is 2.08. The van der Waals surface area contributed by atoms with Crippen LogP contribution in [-0.4, -0.2) is 11.9 Å². The van der Waals surface area contributed by atoms with Gasteiger partial charge in [-0.3, -0.25) is 4.79 Å². The Bertz CT molecular complexity index is 369. The highest BCUT2D eigenvalue weighted by atomic mass is 35.5. The molecule has 0 aliphatic heterocycles. The van der Waals surface area contributed by atoms with Crippen molar-refractivity contribution in [3.05, 3.63) is 35.1 Å². The smallest absolute Gasteiger partial charge is 0.236 e. The van der Waals surface area contributed by atoms with Gasteiger partial charge in [0.25, 0.3) is 0 Å². The summed E-state index contributed by atoms with van der Waals surface area (Å²) in [5.41, 5.74) is 6.82. The Kier molecular flexibility index (Phi) is 6.00. The lowest BCUT2D eigenvalue weighted by Crippen LogP contribution is -2.37. The van der Waals surface area contributed by atoms with E-state index in [1.54, 1.807) is 26.0 Å². The normalized spacial score (nSPS) is 11.5. The molecule has 16 heavy (non-hydrogen) atoms. The number of aryl methyl sites for hydroxylation is 1. The summed E-state index contributed by atoms with van der Waals surface area (Å²) in [4.78, 5) is 11.2. The average Bonchev–Trinajstić information content (AvgIpc) is 2.19. The van der Waals surface area contributed by atoms with E-state index < -0.39 is 6.04 Å². The number of nitrogens with one attached hydrogen (secondary N) is 1. The molecule has 0 fully saturated rings. The Morgan fingerprint density at radius 3 is 2.69 bits per heavy atom. The Labute approximate surface area is 101 Å². The fourth-order valence-electron chi connectivity index (χ4n) is 1.17. The number of benzene rings is 1. The minimum atomic E-state index is -0.522. The monoisotopic (exact) mass is 246 g/mol. The van der Waals surface area contributed by atoms with E-state index in [1.165, 1.54) is 6.07 Å². The van der Waals surface area contributed by atoms with Crippen LogP contribution in [0.5, 0.6) is 0 Å². The molecular formula is C11H16ClFN2O. The van der Waals surface area contributed by atoms with Crippen molar-refractivity contribution in [2.45, 2.75) is 26.4 Å². The molecule has 1 rings (SSSR count). The highest BCUT2D eigenvalue weighted by Gasteiger charge is 2.06. The van der Waals surface area contributed by atoms with Gasteiger partial charge in [-0.1, -0.05) is 12.1 Å². The highest BCUT2D eigenvalue weighted by molar-refractivity contribution is 5.85. The fraction of sp³-hybridized carbons (Fsp3) is 0.364. The maximum atomic E-state index is 12.9. The summed E-state index contributed by atoms with van der Waals surface area (Å²) in [6.45, 7) is 3.68. The van der Waals surface area contributed by atoms with E-state index in [0.29, 0.717) is 12.1 Å². The molecule has 0 aliphatic rings. The molecule has 1 aromatic carbocycles. The lowest BCUT2D eigenvalue weighted by Gasteiger charge is -2.08. The van der Waals surface area contributed by atoms with Gasteiger partial charge in [-0.05, 0) is 31.0 Å². The first kappa shape index (κ1) is 14.9. The minimum Gasteiger partial charge on any atom is -0.351 e. The van der Waals surface area contributed by atoms with Gasteiger partial charge in [0.1, 0.15) is 5.82 Å². The van der Waals surface area contributed by atoms with Gasteiger partial charge in [0.15, 0.2) is 0 Å². The zero-order valence-corrected chi connectivity index (χ0v) is 10.1. The first-order valence-electron chi connectivity index (χ1n) is 4.79. The van der Waals surface area contributed by atoms with Gasteiger partial charge in [0.2, 0.25) is 5.91 Å². The Morgan fingerprint density at radius 1 is 1.56 bits per heavy atom. The van der Waals surface area contributed by atoms with Crippen molar-refractivity contribution in [1.29, 1.82) is 0 Å². The summed E-state index contributed by atoms with van der Waals surface area (Å²) in [5, 5.41) is 2.66. The van der Waals surface area contributed by atoms with E-state index in [-0.39, 0.29) is 24.1 Å². The summed E-state index contributed by atoms with van der Waals surface area (Å²) in [6, 6.07) is 4.22. The van der Waals surface area contributed by atoms with Crippen molar-refractivity contribution in [1.82, 2.24) is 5.32 Å². The standard InChI is InChI=1S/C11H15FN2O.ClH/c1-7-5-9(3-4-10(7)12)6-14-11(15)8(2)13;/h3-5,8H,6,13H2,1-2H3,(H,14,15);1H. The third-order valence-electron chi connectivity index (χ3n) is 2.10. The van der Waals surface area contributed by atoms with Crippen LogP contribution >= 0.6 is 12.4 Å². The number of halogens is 2. The summed E-state index contributed by atoms with van der Waals surface area (Å²) < 4.78 is 12.9. The second kappa shape index (κ2) is 6.45. The summed E-state index contributed by atoms with van der Waals surface area (Å²) in [6.07, 6.45) is 0. The van der Waals surface area contributed by atoms with Crippen LogP contribution in [0, 0.1) is 12.7 Å². The molecule has 0 spiro atoms. The van der Waals surface area contributed by atoms with E-state index in [1.807, 2.05) is 0 Å². The van der Waals surface area contributed by atoms with Gasteiger partial charge in [-0.2, -0.15) is 0 Å². The molecule has 1 atom stereocenters. The number of amides is 1. The molecule has 3 nitrogen and oxygen atoms in total. The van der Waals surface area contributed by atoms with Crippen LogP contribution in [0.4, 0.5) is 4.39 Å². The molecule has 0 heterocycles. The molecule has 1 unspecified atom stereocenters. The number of hydrogen-bond donors (Lipinski definition) is 2. The first-order chi connectivity index (χ1) is 7.00. The maximum Gasteiger partial charge on any atom is 0.236 e.